The first-order valence-electron chi connectivity index (χ1n) is 10.5. The van der Waals surface area contributed by atoms with E-state index in [-0.39, 0.29) is 29.6 Å². The molecule has 2 amide bonds. The fraction of sp³-hybridized carbons (Fsp3) is 0.667. The summed E-state index contributed by atoms with van der Waals surface area (Å²) in [7, 11) is 0. The molecule has 0 bridgehead atoms. The summed E-state index contributed by atoms with van der Waals surface area (Å²) in [5.41, 5.74) is -0.191. The van der Waals surface area contributed by atoms with Gasteiger partial charge >= 0.3 is 0 Å². The number of nitrogens with one attached hydrogen (secondary N) is 2. The molecule has 1 aromatic rings. The lowest BCUT2D eigenvalue weighted by Gasteiger charge is -2.36. The number of carbonyl (C=O) groups excluding carboxylic acids is 2. The molecule has 0 radical (unpaired) electrons. The Bertz CT molecular complexity index is 709. The average Bonchev–Trinajstić information content (AvgIpc) is 2.91. The van der Waals surface area contributed by atoms with Crippen molar-refractivity contribution in [2.75, 3.05) is 26.3 Å². The molecule has 0 saturated carbocycles. The summed E-state index contributed by atoms with van der Waals surface area (Å²) in [6.45, 7) is 6.62. The van der Waals surface area contributed by atoms with E-state index in [2.05, 4.69) is 20.5 Å². The number of aromatic nitrogens is 1. The minimum atomic E-state index is -0.630. The molecule has 2 aliphatic rings. The van der Waals surface area contributed by atoms with Gasteiger partial charge < -0.3 is 15.4 Å². The minimum absolute atomic E-state index is 0.0554. The van der Waals surface area contributed by atoms with Crippen LogP contribution in [0.3, 0.4) is 0 Å². The lowest BCUT2D eigenvalue weighted by molar-refractivity contribution is -0.126. The van der Waals surface area contributed by atoms with Crippen molar-refractivity contribution < 1.29 is 18.7 Å². The van der Waals surface area contributed by atoms with Crippen LogP contribution in [0.5, 0.6) is 0 Å². The molecule has 2 N–H and O–H groups in total. The average molecular weight is 407 g/mol. The molecule has 2 atom stereocenters. The zero-order valence-corrected chi connectivity index (χ0v) is 17.2. The zero-order valence-electron chi connectivity index (χ0n) is 17.2. The Balaban J connectivity index is 1.71. The van der Waals surface area contributed by atoms with Gasteiger partial charge in [-0.15, -0.1) is 0 Å². The van der Waals surface area contributed by atoms with Gasteiger partial charge in [-0.1, -0.05) is 0 Å². The van der Waals surface area contributed by atoms with E-state index < -0.39 is 11.7 Å². The highest BCUT2D eigenvalue weighted by molar-refractivity contribution is 5.92. The third kappa shape index (κ3) is 5.96. The lowest BCUT2D eigenvalue weighted by atomic mass is 10.00. The van der Waals surface area contributed by atoms with Crippen molar-refractivity contribution in [3.05, 3.63) is 29.8 Å². The van der Waals surface area contributed by atoms with Crippen molar-refractivity contribution in [3.8, 4) is 0 Å². The third-order valence-corrected chi connectivity index (χ3v) is 5.59. The summed E-state index contributed by atoms with van der Waals surface area (Å²) in [5, 5.41) is 5.95. The van der Waals surface area contributed by atoms with Gasteiger partial charge in [0.2, 0.25) is 5.91 Å². The predicted octanol–water partition coefficient (Wildman–Crippen LogP) is 1.73. The molecule has 0 spiro atoms. The molecular weight excluding hydrogens is 375 g/mol. The maximum atomic E-state index is 13.9. The Morgan fingerprint density at radius 2 is 1.97 bits per heavy atom. The molecule has 0 aliphatic carbocycles. The second-order valence-corrected chi connectivity index (χ2v) is 8.24. The summed E-state index contributed by atoms with van der Waals surface area (Å²) in [6, 6.07) is 2.94. The Morgan fingerprint density at radius 3 is 2.66 bits per heavy atom. The van der Waals surface area contributed by atoms with Crippen LogP contribution in [-0.2, 0) is 9.53 Å². The molecule has 3 heterocycles. The minimum Gasteiger partial charge on any atom is -0.381 e. The van der Waals surface area contributed by atoms with Gasteiger partial charge in [0, 0.05) is 50.6 Å². The molecule has 8 heteroatoms. The summed E-state index contributed by atoms with van der Waals surface area (Å²) in [6.07, 6.45) is 4.57. The zero-order chi connectivity index (χ0) is 20.8. The molecule has 2 aliphatic heterocycles. The normalized spacial score (nSPS) is 24.1. The van der Waals surface area contributed by atoms with E-state index in [1.807, 2.05) is 13.8 Å². The first-order valence-corrected chi connectivity index (χ1v) is 10.5. The number of amides is 2. The monoisotopic (exact) mass is 406 g/mol. The molecule has 2 fully saturated rings. The van der Waals surface area contributed by atoms with Crippen LogP contribution < -0.4 is 10.6 Å². The Morgan fingerprint density at radius 1 is 1.21 bits per heavy atom. The molecule has 2 saturated heterocycles. The van der Waals surface area contributed by atoms with E-state index in [1.165, 1.54) is 18.3 Å². The number of hydrogen-bond acceptors (Lipinski definition) is 5. The van der Waals surface area contributed by atoms with Gasteiger partial charge in [-0.3, -0.25) is 14.5 Å². The third-order valence-electron chi connectivity index (χ3n) is 5.59. The van der Waals surface area contributed by atoms with Gasteiger partial charge in [-0.25, -0.2) is 9.37 Å². The van der Waals surface area contributed by atoms with Gasteiger partial charge in [0.05, 0.1) is 5.92 Å². The summed E-state index contributed by atoms with van der Waals surface area (Å²) in [5.74, 6) is -1.22. The second-order valence-electron chi connectivity index (χ2n) is 8.24. The number of carbonyl (C=O) groups is 2. The van der Waals surface area contributed by atoms with E-state index in [1.54, 1.807) is 0 Å². The Kier molecular flexibility index (Phi) is 7.55. The molecule has 29 heavy (non-hydrogen) atoms. The van der Waals surface area contributed by atoms with Crippen LogP contribution >= 0.6 is 0 Å². The quantitative estimate of drug-likeness (QED) is 0.778. The van der Waals surface area contributed by atoms with Crippen LogP contribution in [0.2, 0.25) is 0 Å². The first kappa shape index (κ1) is 21.6. The molecule has 160 valence electrons. The SMILES string of the molecule is CC(C)NC(=O)[C@@H]1CC[C@H](NC(=O)c2ncccc2F)CN(C2CCOCC2)C1. The van der Waals surface area contributed by atoms with E-state index >= 15 is 0 Å². The van der Waals surface area contributed by atoms with Crippen LogP contribution in [0, 0.1) is 11.7 Å². The van der Waals surface area contributed by atoms with Crippen LogP contribution in [0.4, 0.5) is 4.39 Å². The van der Waals surface area contributed by atoms with Crippen molar-refractivity contribution in [1.29, 1.82) is 0 Å². The fourth-order valence-corrected chi connectivity index (χ4v) is 4.11. The van der Waals surface area contributed by atoms with Crippen LogP contribution in [0.1, 0.15) is 50.0 Å². The van der Waals surface area contributed by atoms with Crippen molar-refractivity contribution >= 4 is 11.8 Å². The maximum Gasteiger partial charge on any atom is 0.273 e. The van der Waals surface area contributed by atoms with Crippen LogP contribution in [0.25, 0.3) is 0 Å². The summed E-state index contributed by atoms with van der Waals surface area (Å²) < 4.78 is 19.4. The number of pyridine rings is 1. The molecule has 3 rings (SSSR count). The number of nitrogens with zero attached hydrogens (tertiary/aromatic N) is 2. The number of hydrogen-bond donors (Lipinski definition) is 2. The largest absolute Gasteiger partial charge is 0.381 e. The number of halogens is 1. The number of rotatable bonds is 5. The maximum absolute atomic E-state index is 13.9. The topological polar surface area (TPSA) is 83.6 Å². The van der Waals surface area contributed by atoms with Crippen molar-refractivity contribution in [2.24, 2.45) is 5.92 Å². The second kappa shape index (κ2) is 10.1. The summed E-state index contributed by atoms with van der Waals surface area (Å²) in [4.78, 5) is 31.4. The number of ether oxygens (including phenoxy) is 1. The fourth-order valence-electron chi connectivity index (χ4n) is 4.11. The van der Waals surface area contributed by atoms with Gasteiger partial charge in [-0.05, 0) is 51.7 Å². The molecule has 0 aromatic carbocycles. The molecular formula is C21H31FN4O3. The smallest absolute Gasteiger partial charge is 0.273 e. The highest BCUT2D eigenvalue weighted by atomic mass is 19.1. The van der Waals surface area contributed by atoms with E-state index in [0.717, 1.165) is 12.8 Å². The van der Waals surface area contributed by atoms with Gasteiger partial charge in [0.25, 0.3) is 5.91 Å². The molecule has 0 unspecified atom stereocenters. The van der Waals surface area contributed by atoms with Gasteiger partial charge in [0.15, 0.2) is 11.5 Å². The van der Waals surface area contributed by atoms with Crippen molar-refractivity contribution in [3.63, 3.8) is 0 Å². The van der Waals surface area contributed by atoms with Crippen LogP contribution in [-0.4, -0.2) is 66.1 Å². The van der Waals surface area contributed by atoms with Gasteiger partial charge in [0.1, 0.15) is 0 Å². The van der Waals surface area contributed by atoms with E-state index in [4.69, 9.17) is 4.74 Å². The summed E-state index contributed by atoms with van der Waals surface area (Å²) >= 11 is 0. The Labute approximate surface area is 171 Å². The molecule has 7 nitrogen and oxygen atoms in total. The van der Waals surface area contributed by atoms with E-state index in [9.17, 15) is 14.0 Å². The lowest BCUT2D eigenvalue weighted by Crippen LogP contribution is -2.49. The number of likely N-dealkylation sites (tertiary alicyclic amines) is 1. The van der Waals surface area contributed by atoms with Crippen molar-refractivity contribution in [1.82, 2.24) is 20.5 Å². The van der Waals surface area contributed by atoms with E-state index in [0.29, 0.717) is 45.2 Å². The highest BCUT2D eigenvalue weighted by Gasteiger charge is 2.33. The highest BCUT2D eigenvalue weighted by Crippen LogP contribution is 2.23. The standard InChI is InChI=1S/C21H31FN4O3/c1-14(2)24-20(27)15-5-6-16(13-26(12-15)17-7-10-29-11-8-17)25-21(28)19-18(22)4-3-9-23-19/h3-4,9,14-17H,5-8,10-13H2,1-2H3,(H,24,27)(H,25,28)/t15-,16+/m1/s1. The van der Waals surface area contributed by atoms with Crippen molar-refractivity contribution in [2.45, 2.75) is 57.7 Å². The van der Waals surface area contributed by atoms with Gasteiger partial charge in [-0.2, -0.15) is 0 Å². The van der Waals surface area contributed by atoms with Crippen LogP contribution in [0.15, 0.2) is 18.3 Å². The predicted molar refractivity (Wildman–Crippen MR) is 107 cm³/mol. The molecule has 1 aromatic heterocycles. The first-order chi connectivity index (χ1) is 13.9. The Hall–Kier alpha value is -2.06.